The first-order valence-corrected chi connectivity index (χ1v) is 10.0. The van der Waals surface area contributed by atoms with Gasteiger partial charge in [0.1, 0.15) is 5.01 Å². The maximum Gasteiger partial charge on any atom is 0.191 e. The molecule has 7 heteroatoms. The summed E-state index contributed by atoms with van der Waals surface area (Å²) in [5, 5.41) is 7.89. The monoisotopic (exact) mass is 501 g/mol. The molecule has 0 amide bonds. The van der Waals surface area contributed by atoms with Gasteiger partial charge in [-0.1, -0.05) is 38.1 Å². The molecule has 1 aromatic carbocycles. The number of halogens is 1. The van der Waals surface area contributed by atoms with Crippen molar-refractivity contribution in [2.24, 2.45) is 4.99 Å². The number of rotatable bonds is 8. The van der Waals surface area contributed by atoms with Crippen LogP contribution >= 0.6 is 35.3 Å². The second kappa shape index (κ2) is 12.3. The number of aryl methyl sites for hydroxylation is 2. The van der Waals surface area contributed by atoms with Gasteiger partial charge in [-0.15, -0.1) is 35.3 Å². The molecule has 0 saturated carbocycles. The van der Waals surface area contributed by atoms with E-state index < -0.39 is 0 Å². The number of guanidine groups is 1. The summed E-state index contributed by atoms with van der Waals surface area (Å²) in [7, 11) is 6.02. The minimum Gasteiger partial charge on any atom is -0.354 e. The zero-order chi connectivity index (χ0) is 18.9. The van der Waals surface area contributed by atoms with E-state index in [0.29, 0.717) is 6.54 Å². The van der Waals surface area contributed by atoms with Gasteiger partial charge in [-0.25, -0.2) is 4.98 Å². The number of hydrogen-bond donors (Lipinski definition) is 2. The van der Waals surface area contributed by atoms with Crippen molar-refractivity contribution in [3.63, 3.8) is 0 Å². The van der Waals surface area contributed by atoms with Gasteiger partial charge in [0.2, 0.25) is 0 Å². The third-order valence-corrected chi connectivity index (χ3v) is 5.58. The first-order valence-electron chi connectivity index (χ1n) is 9.20. The van der Waals surface area contributed by atoms with E-state index >= 15 is 0 Å². The summed E-state index contributed by atoms with van der Waals surface area (Å²) in [5.74, 6) is 0.801. The van der Waals surface area contributed by atoms with Crippen LogP contribution in [0.1, 0.15) is 40.9 Å². The van der Waals surface area contributed by atoms with Crippen LogP contribution in [0, 0.1) is 0 Å². The Kier molecular flexibility index (Phi) is 10.9. The zero-order valence-corrected chi connectivity index (χ0v) is 20.1. The number of aliphatic imine (C=N–C) groups is 1. The van der Waals surface area contributed by atoms with E-state index in [1.165, 1.54) is 16.0 Å². The van der Waals surface area contributed by atoms with E-state index in [1.807, 2.05) is 6.20 Å². The lowest BCUT2D eigenvalue weighted by Crippen LogP contribution is -2.41. The Labute approximate surface area is 184 Å². The highest BCUT2D eigenvalue weighted by Crippen LogP contribution is 2.18. The maximum atomic E-state index is 4.45. The average Bonchev–Trinajstić information content (AvgIpc) is 3.12. The average molecular weight is 501 g/mol. The molecular formula is C20H32IN5S. The molecule has 0 bridgehead atoms. The topological polar surface area (TPSA) is 52.6 Å². The molecule has 2 N–H and O–H groups in total. The Bertz CT molecular complexity index is 697. The van der Waals surface area contributed by atoms with Crippen molar-refractivity contribution in [3.8, 4) is 0 Å². The van der Waals surface area contributed by atoms with Crippen molar-refractivity contribution in [2.75, 3.05) is 27.7 Å². The fourth-order valence-electron chi connectivity index (χ4n) is 2.74. The van der Waals surface area contributed by atoms with Crippen molar-refractivity contribution < 1.29 is 0 Å². The summed E-state index contributed by atoms with van der Waals surface area (Å²) in [6.07, 6.45) is 4.06. The molecule has 5 nitrogen and oxygen atoms in total. The van der Waals surface area contributed by atoms with Gasteiger partial charge < -0.3 is 15.5 Å². The third-order valence-electron chi connectivity index (χ3n) is 4.44. The Morgan fingerprint density at radius 2 is 1.85 bits per heavy atom. The molecule has 2 aromatic rings. The zero-order valence-electron chi connectivity index (χ0n) is 17.0. The van der Waals surface area contributed by atoms with Crippen LogP contribution in [0.3, 0.4) is 0 Å². The van der Waals surface area contributed by atoms with Crippen LogP contribution in [0.25, 0.3) is 0 Å². The van der Waals surface area contributed by atoms with Crippen molar-refractivity contribution in [1.82, 2.24) is 20.5 Å². The van der Waals surface area contributed by atoms with E-state index in [-0.39, 0.29) is 30.0 Å². The molecule has 1 unspecified atom stereocenters. The normalized spacial score (nSPS) is 12.6. The van der Waals surface area contributed by atoms with Gasteiger partial charge in [0.05, 0.1) is 12.6 Å². The van der Waals surface area contributed by atoms with Crippen molar-refractivity contribution >= 4 is 41.3 Å². The fourth-order valence-corrected chi connectivity index (χ4v) is 3.54. The molecule has 0 aliphatic heterocycles. The Hall–Kier alpha value is -1.19. The summed E-state index contributed by atoms with van der Waals surface area (Å²) in [4.78, 5) is 12.3. The van der Waals surface area contributed by atoms with Crippen LogP contribution in [-0.2, 0) is 19.4 Å². The smallest absolute Gasteiger partial charge is 0.191 e. The second-order valence-corrected chi connectivity index (χ2v) is 7.65. The highest BCUT2D eigenvalue weighted by Gasteiger charge is 2.14. The number of nitrogens with one attached hydrogen (secondary N) is 2. The Morgan fingerprint density at radius 1 is 1.15 bits per heavy atom. The first kappa shape index (κ1) is 23.8. The largest absolute Gasteiger partial charge is 0.354 e. The molecular weight excluding hydrogens is 469 g/mol. The van der Waals surface area contributed by atoms with Gasteiger partial charge in [0.25, 0.3) is 0 Å². The molecule has 0 spiro atoms. The van der Waals surface area contributed by atoms with Crippen LogP contribution in [0.5, 0.6) is 0 Å². The van der Waals surface area contributed by atoms with E-state index in [9.17, 15) is 0 Å². The van der Waals surface area contributed by atoms with E-state index in [0.717, 1.165) is 30.4 Å². The summed E-state index contributed by atoms with van der Waals surface area (Å²) in [6, 6.07) is 9.16. The van der Waals surface area contributed by atoms with Crippen LogP contribution in [0.4, 0.5) is 0 Å². The molecule has 2 rings (SSSR count). The highest BCUT2D eigenvalue weighted by atomic mass is 127. The van der Waals surface area contributed by atoms with E-state index in [2.05, 4.69) is 77.7 Å². The minimum absolute atomic E-state index is 0. The van der Waals surface area contributed by atoms with Gasteiger partial charge in [-0.3, -0.25) is 4.99 Å². The number of thiazole rings is 1. The van der Waals surface area contributed by atoms with E-state index in [4.69, 9.17) is 0 Å². The second-order valence-electron chi connectivity index (χ2n) is 6.46. The number of likely N-dealkylation sites (N-methyl/N-ethyl adjacent to an activating group) is 1. The van der Waals surface area contributed by atoms with Gasteiger partial charge in [-0.05, 0) is 38.1 Å². The quantitative estimate of drug-likeness (QED) is 0.328. The number of aromatic nitrogens is 1. The lowest BCUT2D eigenvalue weighted by molar-refractivity contribution is 0.298. The van der Waals surface area contributed by atoms with Crippen LogP contribution < -0.4 is 10.6 Å². The predicted molar refractivity (Wildman–Crippen MR) is 127 cm³/mol. The molecule has 150 valence electrons. The molecule has 0 saturated heterocycles. The summed E-state index contributed by atoms with van der Waals surface area (Å²) >= 11 is 1.75. The molecule has 0 radical (unpaired) electrons. The standard InChI is InChI=1S/C20H31N5S.HI/c1-6-15-8-10-16(11-9-15)18(25(4)5)13-23-20(21-3)24-14-19-22-12-17(7-2)26-19;/h8-12,18H,6-7,13-14H2,1-5H3,(H2,21,23,24);1H. The molecule has 1 aromatic heterocycles. The third kappa shape index (κ3) is 7.38. The molecule has 0 fully saturated rings. The number of nitrogens with zero attached hydrogens (tertiary/aromatic N) is 3. The number of benzene rings is 1. The molecule has 1 atom stereocenters. The lowest BCUT2D eigenvalue weighted by Gasteiger charge is -2.26. The van der Waals surface area contributed by atoms with E-state index in [1.54, 1.807) is 18.4 Å². The van der Waals surface area contributed by atoms with Crippen LogP contribution in [0.15, 0.2) is 35.5 Å². The lowest BCUT2D eigenvalue weighted by atomic mass is 10.0. The van der Waals surface area contributed by atoms with Gasteiger partial charge in [0, 0.05) is 24.7 Å². The molecule has 27 heavy (non-hydrogen) atoms. The van der Waals surface area contributed by atoms with Crippen molar-refractivity contribution in [2.45, 2.75) is 39.3 Å². The highest BCUT2D eigenvalue weighted by molar-refractivity contribution is 14.0. The maximum absolute atomic E-state index is 4.45. The fraction of sp³-hybridized carbons (Fsp3) is 0.500. The SMILES string of the molecule is CCc1ccc(C(CNC(=NC)NCc2ncc(CC)s2)N(C)C)cc1.I. The summed E-state index contributed by atoms with van der Waals surface area (Å²) in [5.41, 5.74) is 2.68. The van der Waals surface area contributed by atoms with Crippen LogP contribution in [0.2, 0.25) is 0 Å². The summed E-state index contributed by atoms with van der Waals surface area (Å²) < 4.78 is 0. The van der Waals surface area contributed by atoms with Crippen molar-refractivity contribution in [3.05, 3.63) is 51.5 Å². The van der Waals surface area contributed by atoms with Crippen molar-refractivity contribution in [1.29, 1.82) is 0 Å². The Balaban J connectivity index is 0.00000364. The van der Waals surface area contributed by atoms with Crippen LogP contribution in [-0.4, -0.2) is 43.5 Å². The van der Waals surface area contributed by atoms with Gasteiger partial charge >= 0.3 is 0 Å². The predicted octanol–water partition coefficient (Wildman–Crippen LogP) is 3.85. The number of hydrogen-bond acceptors (Lipinski definition) is 4. The van der Waals surface area contributed by atoms with Gasteiger partial charge in [0.15, 0.2) is 5.96 Å². The van der Waals surface area contributed by atoms with Gasteiger partial charge in [-0.2, -0.15) is 0 Å². The first-order chi connectivity index (χ1) is 12.6. The Morgan fingerprint density at radius 3 is 2.37 bits per heavy atom. The minimum atomic E-state index is 0. The summed E-state index contributed by atoms with van der Waals surface area (Å²) in [6.45, 7) is 5.82. The molecule has 1 heterocycles. The molecule has 0 aliphatic rings. The molecule has 0 aliphatic carbocycles.